The number of amides is 2. The van der Waals surface area contributed by atoms with Gasteiger partial charge >= 0.3 is 0 Å². The molecule has 1 saturated carbocycles. The van der Waals surface area contributed by atoms with E-state index >= 15 is 0 Å². The molecule has 0 bridgehead atoms. The van der Waals surface area contributed by atoms with Crippen molar-refractivity contribution in [2.45, 2.75) is 18.4 Å². The van der Waals surface area contributed by atoms with Crippen LogP contribution in [0.25, 0.3) is 0 Å². The first-order chi connectivity index (χ1) is 8.46. The maximum Gasteiger partial charge on any atom is 0.252 e. The predicted octanol–water partition coefficient (Wildman–Crippen LogP) is 1.13. The number of rotatable bonds is 3. The monoisotopic (exact) mass is 267 g/mol. The zero-order valence-corrected chi connectivity index (χ0v) is 10.7. The minimum absolute atomic E-state index is 0.229. The van der Waals surface area contributed by atoms with Gasteiger partial charge in [-0.05, 0) is 31.0 Å². The molecule has 2 amide bonds. The fourth-order valence-corrected chi connectivity index (χ4v) is 1.73. The van der Waals surface area contributed by atoms with E-state index in [0.717, 1.165) is 0 Å². The number of nitrogens with two attached hydrogens (primary N) is 1. The lowest BCUT2D eigenvalue weighted by Crippen LogP contribution is -2.37. The Morgan fingerprint density at radius 1 is 1.39 bits per heavy atom. The summed E-state index contributed by atoms with van der Waals surface area (Å²) in [6.07, 6.45) is 1.38. The summed E-state index contributed by atoms with van der Waals surface area (Å²) in [5, 5.41) is 5.51. The molecule has 0 radical (unpaired) electrons. The highest BCUT2D eigenvalue weighted by atomic mass is 35.5. The number of nitrogens with one attached hydrogen (secondary N) is 2. The van der Waals surface area contributed by atoms with Gasteiger partial charge in [-0.3, -0.25) is 9.59 Å². The van der Waals surface area contributed by atoms with Gasteiger partial charge in [-0.2, -0.15) is 0 Å². The van der Waals surface area contributed by atoms with Crippen molar-refractivity contribution in [3.63, 3.8) is 0 Å². The molecule has 96 valence electrons. The minimum atomic E-state index is -0.743. The van der Waals surface area contributed by atoms with Crippen LogP contribution in [0.2, 0.25) is 5.02 Å². The van der Waals surface area contributed by atoms with Crippen LogP contribution in [0.5, 0.6) is 0 Å². The summed E-state index contributed by atoms with van der Waals surface area (Å²) in [6.45, 7) is 0. The standard InChI is InChI=1S/C12H14ClN3O2/c1-15-10(17)8-6-7(2-3-9(8)13)16-11(18)12(14)4-5-12/h2-3,6H,4-5,14H2,1H3,(H,15,17)(H,16,18). The molecule has 1 aromatic carbocycles. The van der Waals surface area contributed by atoms with Gasteiger partial charge in [-0.15, -0.1) is 0 Å². The second kappa shape index (κ2) is 4.59. The molecule has 2 rings (SSSR count). The van der Waals surface area contributed by atoms with E-state index in [0.29, 0.717) is 29.1 Å². The number of benzene rings is 1. The van der Waals surface area contributed by atoms with Crippen LogP contribution in [-0.2, 0) is 4.79 Å². The van der Waals surface area contributed by atoms with E-state index in [2.05, 4.69) is 10.6 Å². The van der Waals surface area contributed by atoms with E-state index in [9.17, 15) is 9.59 Å². The molecule has 0 spiro atoms. The third-order valence-electron chi connectivity index (χ3n) is 2.94. The highest BCUT2D eigenvalue weighted by Gasteiger charge is 2.45. The topological polar surface area (TPSA) is 84.2 Å². The smallest absolute Gasteiger partial charge is 0.252 e. The third kappa shape index (κ3) is 2.47. The lowest BCUT2D eigenvalue weighted by atomic mass is 10.1. The fraction of sp³-hybridized carbons (Fsp3) is 0.333. The molecule has 1 aliphatic rings. The quantitative estimate of drug-likeness (QED) is 0.768. The van der Waals surface area contributed by atoms with E-state index in [-0.39, 0.29) is 11.8 Å². The molecule has 18 heavy (non-hydrogen) atoms. The van der Waals surface area contributed by atoms with Gasteiger partial charge in [0.25, 0.3) is 5.91 Å². The van der Waals surface area contributed by atoms with E-state index < -0.39 is 5.54 Å². The van der Waals surface area contributed by atoms with Crippen LogP contribution in [0.3, 0.4) is 0 Å². The Morgan fingerprint density at radius 2 is 2.06 bits per heavy atom. The molecule has 0 aliphatic heterocycles. The Bertz CT molecular complexity index is 512. The molecule has 0 aromatic heterocycles. The summed E-state index contributed by atoms with van der Waals surface area (Å²) in [7, 11) is 1.52. The van der Waals surface area contributed by atoms with Crippen LogP contribution in [0, 0.1) is 0 Å². The molecule has 4 N–H and O–H groups in total. The maximum atomic E-state index is 11.8. The van der Waals surface area contributed by atoms with E-state index in [4.69, 9.17) is 17.3 Å². The lowest BCUT2D eigenvalue weighted by Gasteiger charge is -2.11. The second-order valence-electron chi connectivity index (χ2n) is 4.38. The molecule has 0 atom stereocenters. The molecule has 0 unspecified atom stereocenters. The first-order valence-electron chi connectivity index (χ1n) is 5.58. The maximum absolute atomic E-state index is 11.8. The molecular formula is C12H14ClN3O2. The first-order valence-corrected chi connectivity index (χ1v) is 5.96. The van der Waals surface area contributed by atoms with Gasteiger partial charge < -0.3 is 16.4 Å². The van der Waals surface area contributed by atoms with E-state index in [1.54, 1.807) is 12.1 Å². The van der Waals surface area contributed by atoms with Gasteiger partial charge in [0.1, 0.15) is 0 Å². The Hall–Kier alpha value is -1.59. The predicted molar refractivity (Wildman–Crippen MR) is 69.6 cm³/mol. The van der Waals surface area contributed by atoms with Gasteiger partial charge in [0.15, 0.2) is 0 Å². The second-order valence-corrected chi connectivity index (χ2v) is 4.79. The summed E-state index contributed by atoms with van der Waals surface area (Å²) in [5.74, 6) is -0.530. The van der Waals surface area contributed by atoms with E-state index in [1.165, 1.54) is 13.1 Å². The fourth-order valence-electron chi connectivity index (χ4n) is 1.53. The Morgan fingerprint density at radius 3 is 2.61 bits per heavy atom. The SMILES string of the molecule is CNC(=O)c1cc(NC(=O)C2(N)CC2)ccc1Cl. The van der Waals surface area contributed by atoms with E-state index in [1.807, 2.05) is 0 Å². The van der Waals surface area contributed by atoms with Crippen molar-refractivity contribution in [3.05, 3.63) is 28.8 Å². The molecule has 1 fully saturated rings. The number of halogens is 1. The van der Waals surface area contributed by atoms with Crippen LogP contribution in [0.1, 0.15) is 23.2 Å². The Kier molecular flexibility index (Phi) is 3.28. The number of anilines is 1. The number of carbonyl (C=O) groups excluding carboxylic acids is 2. The molecular weight excluding hydrogens is 254 g/mol. The summed E-state index contributed by atoms with van der Waals surface area (Å²) < 4.78 is 0. The van der Waals surface area contributed by atoms with Gasteiger partial charge in [0.05, 0.1) is 16.1 Å². The highest BCUT2D eigenvalue weighted by Crippen LogP contribution is 2.33. The number of carbonyl (C=O) groups is 2. The third-order valence-corrected chi connectivity index (χ3v) is 3.27. The molecule has 0 saturated heterocycles. The van der Waals surface area contributed by atoms with Crippen LogP contribution in [0.15, 0.2) is 18.2 Å². The molecule has 1 aromatic rings. The van der Waals surface area contributed by atoms with Crippen molar-refractivity contribution < 1.29 is 9.59 Å². The summed E-state index contributed by atoms with van der Waals surface area (Å²) >= 11 is 5.91. The zero-order chi connectivity index (χ0) is 13.3. The van der Waals surface area contributed by atoms with Crippen LogP contribution < -0.4 is 16.4 Å². The molecule has 5 nitrogen and oxygen atoms in total. The Balaban J connectivity index is 2.19. The van der Waals surface area contributed by atoms with Gasteiger partial charge in [0.2, 0.25) is 5.91 Å². The normalized spacial score (nSPS) is 15.9. The Labute approximate surface area is 110 Å². The average Bonchev–Trinajstić information content (AvgIpc) is 3.10. The molecule has 6 heteroatoms. The van der Waals surface area contributed by atoms with Crippen molar-refractivity contribution in [3.8, 4) is 0 Å². The van der Waals surface area contributed by atoms with Crippen molar-refractivity contribution in [2.75, 3.05) is 12.4 Å². The van der Waals surface area contributed by atoms with Gasteiger partial charge in [-0.1, -0.05) is 11.6 Å². The van der Waals surface area contributed by atoms with Gasteiger partial charge in [-0.25, -0.2) is 0 Å². The van der Waals surface area contributed by atoms with Crippen molar-refractivity contribution in [2.24, 2.45) is 5.73 Å². The van der Waals surface area contributed by atoms with Crippen molar-refractivity contribution in [1.82, 2.24) is 5.32 Å². The van der Waals surface area contributed by atoms with Crippen LogP contribution in [-0.4, -0.2) is 24.4 Å². The largest absolute Gasteiger partial charge is 0.355 e. The van der Waals surface area contributed by atoms with Crippen molar-refractivity contribution >= 4 is 29.1 Å². The number of hydrogen-bond acceptors (Lipinski definition) is 3. The summed E-state index contributed by atoms with van der Waals surface area (Å²) in [5.41, 5.74) is 5.86. The lowest BCUT2D eigenvalue weighted by molar-refractivity contribution is -0.118. The summed E-state index contributed by atoms with van der Waals surface area (Å²) in [4.78, 5) is 23.3. The molecule has 0 heterocycles. The average molecular weight is 268 g/mol. The first kappa shape index (κ1) is 12.9. The van der Waals surface area contributed by atoms with Gasteiger partial charge in [0, 0.05) is 12.7 Å². The number of hydrogen-bond donors (Lipinski definition) is 3. The molecule has 1 aliphatic carbocycles. The summed E-state index contributed by atoms with van der Waals surface area (Å²) in [6, 6.07) is 4.74. The minimum Gasteiger partial charge on any atom is -0.355 e. The van der Waals surface area contributed by atoms with Crippen LogP contribution in [0.4, 0.5) is 5.69 Å². The zero-order valence-electron chi connectivity index (χ0n) is 9.92. The van der Waals surface area contributed by atoms with Crippen LogP contribution >= 0.6 is 11.6 Å². The highest BCUT2D eigenvalue weighted by molar-refractivity contribution is 6.34. The van der Waals surface area contributed by atoms with Crippen molar-refractivity contribution in [1.29, 1.82) is 0 Å².